The molecule has 0 saturated carbocycles. The van der Waals surface area contributed by atoms with Gasteiger partial charge in [0, 0.05) is 18.0 Å². The van der Waals surface area contributed by atoms with E-state index in [9.17, 15) is 0 Å². The Morgan fingerprint density at radius 3 is 2.76 bits per heavy atom. The summed E-state index contributed by atoms with van der Waals surface area (Å²) in [4.78, 5) is 0. The predicted octanol–water partition coefficient (Wildman–Crippen LogP) is 4.35. The molecule has 0 radical (unpaired) electrons. The van der Waals surface area contributed by atoms with E-state index >= 15 is 0 Å². The van der Waals surface area contributed by atoms with Gasteiger partial charge in [0.2, 0.25) is 0 Å². The minimum absolute atomic E-state index is 0.346. The summed E-state index contributed by atoms with van der Waals surface area (Å²) < 4.78 is 5.88. The van der Waals surface area contributed by atoms with E-state index in [1.807, 2.05) is 0 Å². The van der Waals surface area contributed by atoms with E-state index in [0.29, 0.717) is 6.04 Å². The van der Waals surface area contributed by atoms with Crippen molar-refractivity contribution in [3.8, 4) is 16.9 Å². The van der Waals surface area contributed by atoms with E-state index in [2.05, 4.69) is 61.6 Å². The lowest BCUT2D eigenvalue weighted by Crippen LogP contribution is -2.19. The minimum Gasteiger partial charge on any atom is -0.492 e. The van der Waals surface area contributed by atoms with E-state index in [1.54, 1.807) is 0 Å². The standard InChI is InChI=1S/C19H23NO/c1-3-12-20-14(2)16-8-4-5-9-17(16)18-10-6-7-15-11-13-21-19(15)18/h4-10,14,20H,3,11-13H2,1-2H3. The third kappa shape index (κ3) is 2.81. The zero-order chi connectivity index (χ0) is 14.7. The van der Waals surface area contributed by atoms with Crippen LogP contribution >= 0.6 is 0 Å². The van der Waals surface area contributed by atoms with Crippen molar-refractivity contribution < 1.29 is 4.74 Å². The summed E-state index contributed by atoms with van der Waals surface area (Å²) >= 11 is 0. The number of nitrogens with one attached hydrogen (secondary N) is 1. The van der Waals surface area contributed by atoms with Crippen molar-refractivity contribution in [2.24, 2.45) is 0 Å². The Kier molecular flexibility index (Phi) is 4.26. The van der Waals surface area contributed by atoms with E-state index < -0.39 is 0 Å². The van der Waals surface area contributed by atoms with Crippen molar-refractivity contribution in [1.29, 1.82) is 0 Å². The van der Waals surface area contributed by atoms with Gasteiger partial charge in [0.1, 0.15) is 5.75 Å². The van der Waals surface area contributed by atoms with E-state index in [1.165, 1.54) is 22.3 Å². The Morgan fingerprint density at radius 1 is 1.10 bits per heavy atom. The van der Waals surface area contributed by atoms with Crippen molar-refractivity contribution in [3.05, 3.63) is 53.6 Å². The topological polar surface area (TPSA) is 21.3 Å². The van der Waals surface area contributed by atoms with Crippen LogP contribution < -0.4 is 10.1 Å². The van der Waals surface area contributed by atoms with Crippen LogP contribution in [0.15, 0.2) is 42.5 Å². The highest BCUT2D eigenvalue weighted by Crippen LogP contribution is 2.39. The Labute approximate surface area is 127 Å². The monoisotopic (exact) mass is 281 g/mol. The van der Waals surface area contributed by atoms with Crippen LogP contribution in [0.25, 0.3) is 11.1 Å². The zero-order valence-electron chi connectivity index (χ0n) is 12.9. The minimum atomic E-state index is 0.346. The van der Waals surface area contributed by atoms with Gasteiger partial charge >= 0.3 is 0 Å². The van der Waals surface area contributed by atoms with Gasteiger partial charge in [0.15, 0.2) is 0 Å². The normalized spacial score (nSPS) is 14.6. The first kappa shape index (κ1) is 14.2. The molecule has 2 aromatic rings. The zero-order valence-corrected chi connectivity index (χ0v) is 12.9. The molecular weight excluding hydrogens is 258 g/mol. The molecule has 1 aliphatic rings. The van der Waals surface area contributed by atoms with Crippen molar-refractivity contribution in [3.63, 3.8) is 0 Å². The Balaban J connectivity index is 2.01. The smallest absolute Gasteiger partial charge is 0.130 e. The van der Waals surface area contributed by atoms with Crippen LogP contribution in [-0.4, -0.2) is 13.2 Å². The number of rotatable bonds is 5. The van der Waals surface area contributed by atoms with Crippen molar-refractivity contribution >= 4 is 0 Å². The van der Waals surface area contributed by atoms with Crippen molar-refractivity contribution in [2.75, 3.05) is 13.2 Å². The number of ether oxygens (including phenoxy) is 1. The van der Waals surface area contributed by atoms with Gasteiger partial charge in [-0.15, -0.1) is 0 Å². The molecule has 2 aromatic carbocycles. The molecule has 0 saturated heterocycles. The number of benzene rings is 2. The molecule has 3 rings (SSSR count). The van der Waals surface area contributed by atoms with Crippen LogP contribution in [-0.2, 0) is 6.42 Å². The maximum Gasteiger partial charge on any atom is 0.130 e. The molecule has 0 bridgehead atoms. The van der Waals surface area contributed by atoms with Crippen molar-refractivity contribution in [2.45, 2.75) is 32.7 Å². The maximum absolute atomic E-state index is 5.88. The average Bonchev–Trinajstić information content (AvgIpc) is 3.01. The summed E-state index contributed by atoms with van der Waals surface area (Å²) in [5.41, 5.74) is 5.18. The highest BCUT2D eigenvalue weighted by molar-refractivity contribution is 5.75. The fourth-order valence-electron chi connectivity index (χ4n) is 3.02. The first-order valence-electron chi connectivity index (χ1n) is 7.88. The van der Waals surface area contributed by atoms with Crippen LogP contribution in [0, 0.1) is 0 Å². The fraction of sp³-hybridized carbons (Fsp3) is 0.368. The molecular formula is C19H23NO. The molecule has 1 atom stereocenters. The van der Waals surface area contributed by atoms with Crippen LogP contribution in [0.1, 0.15) is 37.4 Å². The molecule has 2 nitrogen and oxygen atoms in total. The highest BCUT2D eigenvalue weighted by atomic mass is 16.5. The number of para-hydroxylation sites is 1. The predicted molar refractivity (Wildman–Crippen MR) is 87.8 cm³/mol. The van der Waals surface area contributed by atoms with Gasteiger partial charge in [-0.05, 0) is 36.6 Å². The van der Waals surface area contributed by atoms with Crippen LogP contribution in [0.2, 0.25) is 0 Å². The molecule has 1 aliphatic heterocycles. The molecule has 1 N–H and O–H groups in total. The van der Waals surface area contributed by atoms with Crippen LogP contribution in [0.5, 0.6) is 5.75 Å². The fourth-order valence-corrected chi connectivity index (χ4v) is 3.02. The first-order chi connectivity index (χ1) is 10.3. The van der Waals surface area contributed by atoms with Gasteiger partial charge in [-0.25, -0.2) is 0 Å². The summed E-state index contributed by atoms with van der Waals surface area (Å²) in [6.45, 7) is 6.28. The largest absolute Gasteiger partial charge is 0.492 e. The molecule has 0 spiro atoms. The molecule has 21 heavy (non-hydrogen) atoms. The van der Waals surface area contributed by atoms with Gasteiger partial charge in [-0.2, -0.15) is 0 Å². The Bertz CT molecular complexity index is 621. The quantitative estimate of drug-likeness (QED) is 0.879. The van der Waals surface area contributed by atoms with E-state index in [-0.39, 0.29) is 0 Å². The van der Waals surface area contributed by atoms with Gasteiger partial charge in [0.25, 0.3) is 0 Å². The molecule has 1 heterocycles. The summed E-state index contributed by atoms with van der Waals surface area (Å²) in [6.07, 6.45) is 2.17. The first-order valence-corrected chi connectivity index (χ1v) is 7.88. The lowest BCUT2D eigenvalue weighted by molar-refractivity contribution is 0.358. The van der Waals surface area contributed by atoms with Gasteiger partial charge in [-0.3, -0.25) is 0 Å². The maximum atomic E-state index is 5.88. The highest BCUT2D eigenvalue weighted by Gasteiger charge is 2.19. The van der Waals surface area contributed by atoms with E-state index in [4.69, 9.17) is 4.74 Å². The summed E-state index contributed by atoms with van der Waals surface area (Å²) in [6, 6.07) is 15.5. The molecule has 2 heteroatoms. The summed E-state index contributed by atoms with van der Waals surface area (Å²) in [5.74, 6) is 1.08. The Morgan fingerprint density at radius 2 is 1.90 bits per heavy atom. The lowest BCUT2D eigenvalue weighted by Gasteiger charge is -2.19. The summed E-state index contributed by atoms with van der Waals surface area (Å²) in [7, 11) is 0. The van der Waals surface area contributed by atoms with Gasteiger partial charge in [-0.1, -0.05) is 49.4 Å². The average molecular weight is 281 g/mol. The molecule has 110 valence electrons. The van der Waals surface area contributed by atoms with Crippen LogP contribution in [0.4, 0.5) is 0 Å². The molecule has 0 fully saturated rings. The number of fused-ring (bicyclic) bond motifs is 1. The molecule has 0 aliphatic carbocycles. The molecule has 0 aromatic heterocycles. The molecule has 0 amide bonds. The lowest BCUT2D eigenvalue weighted by atomic mass is 9.93. The van der Waals surface area contributed by atoms with Gasteiger partial charge in [0.05, 0.1) is 6.61 Å². The summed E-state index contributed by atoms with van der Waals surface area (Å²) in [5, 5.41) is 3.59. The Hall–Kier alpha value is -1.80. The SMILES string of the molecule is CCCNC(C)c1ccccc1-c1cccc2c1OCC2. The van der Waals surface area contributed by atoms with Crippen LogP contribution in [0.3, 0.4) is 0 Å². The van der Waals surface area contributed by atoms with E-state index in [0.717, 1.165) is 31.7 Å². The second-order valence-corrected chi connectivity index (χ2v) is 5.66. The molecule has 1 unspecified atom stereocenters. The van der Waals surface area contributed by atoms with Crippen molar-refractivity contribution in [1.82, 2.24) is 5.32 Å². The third-order valence-electron chi connectivity index (χ3n) is 4.13. The third-order valence-corrected chi connectivity index (χ3v) is 4.13. The second kappa shape index (κ2) is 6.31. The number of hydrogen-bond donors (Lipinski definition) is 1. The number of hydrogen-bond acceptors (Lipinski definition) is 2. The second-order valence-electron chi connectivity index (χ2n) is 5.66. The van der Waals surface area contributed by atoms with Gasteiger partial charge < -0.3 is 10.1 Å².